The molecule has 0 bridgehead atoms. The predicted molar refractivity (Wildman–Crippen MR) is 134 cm³/mol. The molecule has 2 aromatic heterocycles. The van der Waals surface area contributed by atoms with Crippen molar-refractivity contribution in [2.75, 3.05) is 37.6 Å². The van der Waals surface area contributed by atoms with E-state index in [1.54, 1.807) is 11.3 Å². The van der Waals surface area contributed by atoms with Crippen LogP contribution >= 0.6 is 11.3 Å². The number of aromatic nitrogens is 1. The van der Waals surface area contributed by atoms with Crippen LogP contribution in [0.5, 0.6) is 0 Å². The second-order valence-corrected chi connectivity index (χ2v) is 10.5. The number of anilines is 1. The first kappa shape index (κ1) is 22.0. The zero-order valence-electron chi connectivity index (χ0n) is 19.7. The lowest BCUT2D eigenvalue weighted by Crippen LogP contribution is -2.56. The number of piperidine rings is 1. The summed E-state index contributed by atoms with van der Waals surface area (Å²) in [5.41, 5.74) is 4.29. The molecule has 1 aromatic carbocycles. The Morgan fingerprint density at radius 3 is 2.64 bits per heavy atom. The summed E-state index contributed by atoms with van der Waals surface area (Å²) in [5, 5.41) is 2.05. The SMILES string of the molecule is Cc1cccc(N2CCN(C(=O)C3CCCN(C(=O)c4cc5sccc5n4C)C3)CC2C)c1. The number of nitrogens with zero attached hydrogens (tertiary/aromatic N) is 4. The zero-order valence-corrected chi connectivity index (χ0v) is 20.5. The van der Waals surface area contributed by atoms with E-state index in [0.717, 1.165) is 49.2 Å². The van der Waals surface area contributed by atoms with Gasteiger partial charge in [0, 0.05) is 51.5 Å². The average molecular weight is 465 g/mol. The van der Waals surface area contributed by atoms with Crippen molar-refractivity contribution < 1.29 is 9.59 Å². The Morgan fingerprint density at radius 1 is 1.03 bits per heavy atom. The van der Waals surface area contributed by atoms with E-state index in [1.165, 1.54) is 11.3 Å². The zero-order chi connectivity index (χ0) is 23.1. The number of piperazine rings is 1. The summed E-state index contributed by atoms with van der Waals surface area (Å²) >= 11 is 1.65. The molecule has 2 saturated heterocycles. The van der Waals surface area contributed by atoms with Gasteiger partial charge in [0.25, 0.3) is 5.91 Å². The highest BCUT2D eigenvalue weighted by Gasteiger charge is 2.35. The van der Waals surface area contributed by atoms with Gasteiger partial charge in [-0.25, -0.2) is 0 Å². The van der Waals surface area contributed by atoms with Gasteiger partial charge in [-0.2, -0.15) is 0 Å². The number of aryl methyl sites for hydroxylation is 2. The number of hydrogen-bond acceptors (Lipinski definition) is 4. The molecule has 2 atom stereocenters. The van der Waals surface area contributed by atoms with Gasteiger partial charge in [-0.1, -0.05) is 12.1 Å². The van der Waals surface area contributed by atoms with Crippen LogP contribution in [0.15, 0.2) is 41.8 Å². The number of amides is 2. The van der Waals surface area contributed by atoms with E-state index in [9.17, 15) is 9.59 Å². The molecule has 0 spiro atoms. The van der Waals surface area contributed by atoms with Gasteiger partial charge in [0.2, 0.25) is 5.91 Å². The van der Waals surface area contributed by atoms with E-state index >= 15 is 0 Å². The van der Waals surface area contributed by atoms with Gasteiger partial charge in [-0.05, 0) is 61.9 Å². The molecule has 7 heteroatoms. The largest absolute Gasteiger partial charge is 0.365 e. The van der Waals surface area contributed by atoms with Crippen LogP contribution in [0, 0.1) is 12.8 Å². The Kier molecular flexibility index (Phi) is 5.91. The third-order valence-corrected chi connectivity index (χ3v) is 8.07. The van der Waals surface area contributed by atoms with Crippen LogP contribution in [0.25, 0.3) is 10.2 Å². The lowest BCUT2D eigenvalue weighted by atomic mass is 9.95. The minimum Gasteiger partial charge on any atom is -0.365 e. The van der Waals surface area contributed by atoms with Gasteiger partial charge >= 0.3 is 0 Å². The van der Waals surface area contributed by atoms with E-state index < -0.39 is 0 Å². The van der Waals surface area contributed by atoms with E-state index in [-0.39, 0.29) is 23.8 Å². The number of thiophene rings is 1. The molecule has 0 radical (unpaired) electrons. The third kappa shape index (κ3) is 4.14. The van der Waals surface area contributed by atoms with Crippen molar-refractivity contribution in [1.29, 1.82) is 0 Å². The molecule has 2 unspecified atom stereocenters. The molecule has 0 saturated carbocycles. The maximum absolute atomic E-state index is 13.4. The summed E-state index contributed by atoms with van der Waals surface area (Å²) in [6.07, 6.45) is 1.73. The quantitative estimate of drug-likeness (QED) is 0.585. The summed E-state index contributed by atoms with van der Waals surface area (Å²) in [6.45, 7) is 7.84. The van der Waals surface area contributed by atoms with Crippen LogP contribution in [-0.4, -0.2) is 64.9 Å². The third-order valence-electron chi connectivity index (χ3n) is 7.21. The van der Waals surface area contributed by atoms with Gasteiger partial charge in [0.15, 0.2) is 0 Å². The smallest absolute Gasteiger partial charge is 0.270 e. The lowest BCUT2D eigenvalue weighted by molar-refractivity contribution is -0.137. The average Bonchev–Trinajstić information content (AvgIpc) is 3.41. The minimum atomic E-state index is -0.109. The van der Waals surface area contributed by atoms with Crippen LogP contribution in [0.4, 0.5) is 5.69 Å². The van der Waals surface area contributed by atoms with E-state index in [4.69, 9.17) is 0 Å². The Balaban J connectivity index is 1.24. The van der Waals surface area contributed by atoms with Gasteiger partial charge in [0.05, 0.1) is 16.1 Å². The highest BCUT2D eigenvalue weighted by molar-refractivity contribution is 7.17. The molecule has 6 nitrogen and oxygen atoms in total. The monoisotopic (exact) mass is 464 g/mol. The molecule has 3 aromatic rings. The maximum Gasteiger partial charge on any atom is 0.270 e. The standard InChI is InChI=1S/C26H32N4O2S/c1-18-6-4-8-21(14-18)30-12-11-29(16-19(30)2)25(31)20-7-5-10-28(17-20)26(32)23-15-24-22(27(23)3)9-13-33-24/h4,6,8-9,13-15,19-20H,5,7,10-12,16-17H2,1-3H3. The maximum atomic E-state index is 13.4. The molecule has 0 N–H and O–H groups in total. The number of carbonyl (C=O) groups is 2. The van der Waals surface area contributed by atoms with Crippen LogP contribution in [0.3, 0.4) is 0 Å². The Morgan fingerprint density at radius 2 is 1.88 bits per heavy atom. The fraction of sp³-hybridized carbons (Fsp3) is 0.462. The summed E-state index contributed by atoms with van der Waals surface area (Å²) in [4.78, 5) is 33.0. The topological polar surface area (TPSA) is 48.8 Å². The van der Waals surface area contributed by atoms with Crippen LogP contribution in [0.2, 0.25) is 0 Å². The van der Waals surface area contributed by atoms with Crippen molar-refractivity contribution in [3.8, 4) is 0 Å². The van der Waals surface area contributed by atoms with E-state index in [0.29, 0.717) is 12.2 Å². The fourth-order valence-electron chi connectivity index (χ4n) is 5.39. The molecule has 2 fully saturated rings. The van der Waals surface area contributed by atoms with Crippen molar-refractivity contribution in [1.82, 2.24) is 14.4 Å². The first-order valence-corrected chi connectivity index (χ1v) is 12.7. The molecule has 174 valence electrons. The summed E-state index contributed by atoms with van der Waals surface area (Å²) < 4.78 is 3.11. The Hall–Kier alpha value is -2.80. The van der Waals surface area contributed by atoms with Crippen molar-refractivity contribution in [3.05, 3.63) is 53.0 Å². The second-order valence-electron chi connectivity index (χ2n) is 9.51. The normalized spacial score (nSPS) is 21.6. The van der Waals surface area contributed by atoms with Gasteiger partial charge in [0.1, 0.15) is 5.69 Å². The van der Waals surface area contributed by atoms with Crippen LogP contribution < -0.4 is 4.90 Å². The molecule has 0 aliphatic carbocycles. The lowest BCUT2D eigenvalue weighted by Gasteiger charge is -2.43. The van der Waals surface area contributed by atoms with Crippen molar-refractivity contribution in [2.45, 2.75) is 32.7 Å². The van der Waals surface area contributed by atoms with Crippen LogP contribution in [-0.2, 0) is 11.8 Å². The highest BCUT2D eigenvalue weighted by Crippen LogP contribution is 2.28. The van der Waals surface area contributed by atoms with E-state index in [2.05, 4.69) is 49.1 Å². The molecule has 2 aliphatic heterocycles. The Bertz CT molecular complexity index is 1180. The number of fused-ring (bicyclic) bond motifs is 1. The first-order chi connectivity index (χ1) is 15.9. The predicted octanol–water partition coefficient (Wildman–Crippen LogP) is 4.14. The molecular formula is C26H32N4O2S. The van der Waals surface area contributed by atoms with Gasteiger partial charge in [-0.15, -0.1) is 11.3 Å². The molecular weight excluding hydrogens is 432 g/mol. The summed E-state index contributed by atoms with van der Waals surface area (Å²) in [5.74, 6) is 0.133. The second kappa shape index (κ2) is 8.86. The molecule has 33 heavy (non-hydrogen) atoms. The van der Waals surface area contributed by atoms with Gasteiger partial charge < -0.3 is 19.3 Å². The number of benzene rings is 1. The number of carbonyl (C=O) groups excluding carboxylic acids is 2. The van der Waals surface area contributed by atoms with E-state index in [1.807, 2.05) is 32.9 Å². The first-order valence-electron chi connectivity index (χ1n) is 11.9. The number of rotatable bonds is 3. The summed E-state index contributed by atoms with van der Waals surface area (Å²) in [7, 11) is 1.95. The fourth-order valence-corrected chi connectivity index (χ4v) is 6.24. The molecule has 2 aliphatic rings. The molecule has 4 heterocycles. The number of likely N-dealkylation sites (tertiary alicyclic amines) is 1. The van der Waals surface area contributed by atoms with Gasteiger partial charge in [-0.3, -0.25) is 9.59 Å². The van der Waals surface area contributed by atoms with Crippen molar-refractivity contribution in [2.24, 2.45) is 13.0 Å². The summed E-state index contributed by atoms with van der Waals surface area (Å²) in [6, 6.07) is 12.9. The highest BCUT2D eigenvalue weighted by atomic mass is 32.1. The van der Waals surface area contributed by atoms with Crippen LogP contribution in [0.1, 0.15) is 35.8 Å². The van der Waals surface area contributed by atoms with Crippen molar-refractivity contribution >= 4 is 39.1 Å². The molecule has 5 rings (SSSR count). The minimum absolute atomic E-state index is 0.0380. The molecule has 2 amide bonds. The number of hydrogen-bond donors (Lipinski definition) is 0. The van der Waals surface area contributed by atoms with Crippen molar-refractivity contribution in [3.63, 3.8) is 0 Å². The Labute approximate surface area is 199 Å².